The third-order valence-corrected chi connectivity index (χ3v) is 3.88. The van der Waals surface area contributed by atoms with Gasteiger partial charge in [0, 0.05) is 31.2 Å². The largest absolute Gasteiger partial charge is 0.381 e. The molecule has 2 heterocycles. The Morgan fingerprint density at radius 3 is 3.00 bits per heavy atom. The molecule has 3 rings (SSSR count). The minimum absolute atomic E-state index is 0.0505. The molecule has 1 saturated carbocycles. The molecule has 0 amide bonds. The molecule has 2 aromatic rings. The Kier molecular flexibility index (Phi) is 2.65. The number of halogens is 2. The number of hydrogen-bond donors (Lipinski definition) is 1. The summed E-state index contributed by atoms with van der Waals surface area (Å²) < 4.78 is 28.9. The molecule has 0 unspecified atom stereocenters. The van der Waals surface area contributed by atoms with Gasteiger partial charge in [0.05, 0.1) is 0 Å². The van der Waals surface area contributed by atoms with E-state index in [9.17, 15) is 8.78 Å². The van der Waals surface area contributed by atoms with Gasteiger partial charge in [0.25, 0.3) is 0 Å². The van der Waals surface area contributed by atoms with E-state index in [1.807, 2.05) is 6.92 Å². The van der Waals surface area contributed by atoms with Crippen molar-refractivity contribution in [3.63, 3.8) is 0 Å². The lowest BCUT2D eigenvalue weighted by molar-refractivity contribution is -0.0537. The molecule has 0 aromatic carbocycles. The average Bonchev–Trinajstić information content (AvgIpc) is 2.78. The summed E-state index contributed by atoms with van der Waals surface area (Å²) >= 11 is 0. The van der Waals surface area contributed by atoms with Crippen molar-refractivity contribution in [1.29, 1.82) is 0 Å². The third-order valence-electron chi connectivity index (χ3n) is 3.88. The van der Waals surface area contributed by atoms with E-state index in [-0.39, 0.29) is 30.5 Å². The molecule has 0 spiro atoms. The van der Waals surface area contributed by atoms with E-state index in [2.05, 4.69) is 15.2 Å². The number of nitrogens with zero attached hydrogens (tertiary/aromatic N) is 4. The molecular weight excluding hydrogens is 252 g/mol. The minimum atomic E-state index is -2.62. The van der Waals surface area contributed by atoms with Gasteiger partial charge in [-0.25, -0.2) is 13.8 Å². The van der Waals surface area contributed by atoms with Crippen molar-refractivity contribution >= 4 is 11.5 Å². The van der Waals surface area contributed by atoms with E-state index in [1.165, 1.54) is 6.20 Å². The maximum absolute atomic E-state index is 13.6. The lowest BCUT2D eigenvalue weighted by Crippen LogP contribution is -2.31. The van der Waals surface area contributed by atoms with E-state index in [0.717, 1.165) is 0 Å². The third kappa shape index (κ3) is 2.02. The van der Waals surface area contributed by atoms with E-state index in [1.54, 1.807) is 10.6 Å². The number of hydrogen-bond acceptors (Lipinski definition) is 4. The molecule has 0 saturated heterocycles. The summed E-state index contributed by atoms with van der Waals surface area (Å²) in [4.78, 5) is 3.92. The first kappa shape index (κ1) is 12.3. The van der Waals surface area contributed by atoms with E-state index >= 15 is 0 Å². The van der Waals surface area contributed by atoms with Gasteiger partial charge in [0.2, 0.25) is 11.6 Å². The van der Waals surface area contributed by atoms with Gasteiger partial charge < -0.3 is 5.73 Å². The molecule has 0 radical (unpaired) electrons. The second kappa shape index (κ2) is 4.11. The van der Waals surface area contributed by atoms with Crippen LogP contribution in [0.3, 0.4) is 0 Å². The first-order valence-electron chi connectivity index (χ1n) is 6.31. The van der Waals surface area contributed by atoms with Gasteiger partial charge in [-0.3, -0.25) is 4.40 Å². The van der Waals surface area contributed by atoms with Crippen LogP contribution in [0, 0.1) is 5.92 Å². The molecule has 0 aliphatic heterocycles. The number of fused-ring (bicyclic) bond motifs is 1. The van der Waals surface area contributed by atoms with Crippen LogP contribution in [-0.4, -0.2) is 25.5 Å². The fraction of sp³-hybridized carbons (Fsp3) is 0.583. The average molecular weight is 267 g/mol. The molecule has 19 heavy (non-hydrogen) atoms. The maximum atomic E-state index is 13.6. The van der Waals surface area contributed by atoms with E-state index < -0.39 is 5.92 Å². The van der Waals surface area contributed by atoms with Crippen LogP contribution in [0.2, 0.25) is 0 Å². The number of rotatable bonds is 1. The SMILES string of the molecule is C[C@H]1CCC(F)(F)C[C@H]1c1nnc2c(N)nccn12. The van der Waals surface area contributed by atoms with Crippen LogP contribution >= 0.6 is 0 Å². The van der Waals surface area contributed by atoms with Crippen molar-refractivity contribution in [1.82, 2.24) is 19.6 Å². The monoisotopic (exact) mass is 267 g/mol. The van der Waals surface area contributed by atoms with E-state index in [0.29, 0.717) is 17.9 Å². The molecule has 2 atom stereocenters. The zero-order chi connectivity index (χ0) is 13.6. The predicted octanol–water partition coefficient (Wildman–Crippen LogP) is 2.25. The van der Waals surface area contributed by atoms with Crippen LogP contribution in [0.4, 0.5) is 14.6 Å². The Bertz CT molecular complexity index is 609. The topological polar surface area (TPSA) is 69.1 Å². The zero-order valence-electron chi connectivity index (χ0n) is 10.6. The smallest absolute Gasteiger partial charge is 0.248 e. The van der Waals surface area contributed by atoms with Gasteiger partial charge in [-0.2, -0.15) is 0 Å². The van der Waals surface area contributed by atoms with Crippen LogP contribution in [0.25, 0.3) is 5.65 Å². The second-order valence-corrected chi connectivity index (χ2v) is 5.25. The van der Waals surface area contributed by atoms with Gasteiger partial charge in [-0.05, 0) is 12.3 Å². The predicted molar refractivity (Wildman–Crippen MR) is 65.9 cm³/mol. The number of alkyl halides is 2. The van der Waals surface area contributed by atoms with Crippen molar-refractivity contribution in [3.05, 3.63) is 18.2 Å². The molecule has 102 valence electrons. The molecule has 5 nitrogen and oxygen atoms in total. The van der Waals surface area contributed by atoms with Crippen molar-refractivity contribution in [2.75, 3.05) is 5.73 Å². The molecule has 2 aromatic heterocycles. The maximum Gasteiger partial charge on any atom is 0.248 e. The Balaban J connectivity index is 2.06. The Hall–Kier alpha value is -1.79. The molecule has 2 N–H and O–H groups in total. The highest BCUT2D eigenvalue weighted by Gasteiger charge is 2.42. The first-order valence-corrected chi connectivity index (χ1v) is 6.31. The minimum Gasteiger partial charge on any atom is -0.381 e. The Morgan fingerprint density at radius 2 is 2.21 bits per heavy atom. The van der Waals surface area contributed by atoms with Crippen molar-refractivity contribution in [2.45, 2.75) is 38.0 Å². The lowest BCUT2D eigenvalue weighted by atomic mass is 9.78. The van der Waals surface area contributed by atoms with Crippen LogP contribution in [0.1, 0.15) is 37.9 Å². The number of anilines is 1. The fourth-order valence-corrected chi connectivity index (χ4v) is 2.73. The standard InChI is InChI=1S/C12H15F2N5/c1-7-2-3-12(13,14)6-8(7)10-17-18-11-9(15)16-4-5-19(10)11/h4-5,7-8H,2-3,6H2,1H3,(H2,15,16)/t7-,8+/m0/s1. The molecule has 1 fully saturated rings. The summed E-state index contributed by atoms with van der Waals surface area (Å²) in [5.41, 5.74) is 6.13. The molecule has 0 bridgehead atoms. The van der Waals surface area contributed by atoms with Crippen LogP contribution in [-0.2, 0) is 0 Å². The molecule has 7 heteroatoms. The van der Waals surface area contributed by atoms with Gasteiger partial charge in [0.15, 0.2) is 5.82 Å². The molecule has 1 aliphatic rings. The Labute approximate surface area is 108 Å². The van der Waals surface area contributed by atoms with Gasteiger partial charge in [-0.1, -0.05) is 6.92 Å². The van der Waals surface area contributed by atoms with Crippen LogP contribution in [0.15, 0.2) is 12.4 Å². The second-order valence-electron chi connectivity index (χ2n) is 5.25. The summed E-state index contributed by atoms with van der Waals surface area (Å²) in [7, 11) is 0. The first-order chi connectivity index (χ1) is 8.98. The fourth-order valence-electron chi connectivity index (χ4n) is 2.73. The quantitative estimate of drug-likeness (QED) is 0.860. The summed E-state index contributed by atoms with van der Waals surface area (Å²) in [6.07, 6.45) is 3.46. The van der Waals surface area contributed by atoms with Crippen LogP contribution < -0.4 is 5.73 Å². The summed E-state index contributed by atoms with van der Waals surface area (Å²) in [6.45, 7) is 1.98. The normalized spacial score (nSPS) is 26.7. The van der Waals surface area contributed by atoms with Gasteiger partial charge >= 0.3 is 0 Å². The van der Waals surface area contributed by atoms with Gasteiger partial charge in [-0.15, -0.1) is 10.2 Å². The van der Waals surface area contributed by atoms with Crippen molar-refractivity contribution < 1.29 is 8.78 Å². The number of aromatic nitrogens is 4. The van der Waals surface area contributed by atoms with Crippen molar-refractivity contribution in [2.24, 2.45) is 5.92 Å². The highest BCUT2D eigenvalue weighted by atomic mass is 19.3. The van der Waals surface area contributed by atoms with Crippen molar-refractivity contribution in [3.8, 4) is 0 Å². The van der Waals surface area contributed by atoms with Gasteiger partial charge in [0.1, 0.15) is 5.82 Å². The summed E-state index contributed by atoms with van der Waals surface area (Å²) in [6, 6.07) is 0. The summed E-state index contributed by atoms with van der Waals surface area (Å²) in [5, 5.41) is 8.01. The summed E-state index contributed by atoms with van der Waals surface area (Å²) in [5.74, 6) is -1.96. The molecule has 1 aliphatic carbocycles. The highest BCUT2D eigenvalue weighted by molar-refractivity contribution is 5.58. The Morgan fingerprint density at radius 1 is 1.42 bits per heavy atom. The highest BCUT2D eigenvalue weighted by Crippen LogP contribution is 2.44. The lowest BCUT2D eigenvalue weighted by Gasteiger charge is -2.32. The zero-order valence-corrected chi connectivity index (χ0v) is 10.6. The number of nitrogen functional groups attached to an aromatic ring is 1. The van der Waals surface area contributed by atoms with Crippen LogP contribution in [0.5, 0.6) is 0 Å². The number of nitrogens with two attached hydrogens (primary N) is 1. The van der Waals surface area contributed by atoms with E-state index in [4.69, 9.17) is 5.73 Å². The molecular formula is C12H15F2N5.